The summed E-state index contributed by atoms with van der Waals surface area (Å²) in [5, 5.41) is 3.22. The molecule has 0 radical (unpaired) electrons. The molecular formula is C15H23F3N2O2. The van der Waals surface area contributed by atoms with Gasteiger partial charge in [0.05, 0.1) is 18.8 Å². The first-order chi connectivity index (χ1) is 10.4. The number of hydrogen-bond acceptors (Lipinski definition) is 4. The van der Waals surface area contributed by atoms with E-state index in [1.165, 1.54) is 12.1 Å². The lowest BCUT2D eigenvalue weighted by molar-refractivity contribution is -0.137. The van der Waals surface area contributed by atoms with Crippen LogP contribution in [0, 0.1) is 0 Å². The van der Waals surface area contributed by atoms with Crippen LogP contribution in [-0.2, 0) is 10.9 Å². The van der Waals surface area contributed by atoms with Gasteiger partial charge in [0.25, 0.3) is 0 Å². The van der Waals surface area contributed by atoms with E-state index in [-0.39, 0.29) is 12.4 Å². The van der Waals surface area contributed by atoms with E-state index in [4.69, 9.17) is 9.47 Å². The lowest BCUT2D eigenvalue weighted by Gasteiger charge is -2.11. The van der Waals surface area contributed by atoms with Gasteiger partial charge >= 0.3 is 6.18 Å². The molecule has 126 valence electrons. The molecule has 0 atom stereocenters. The fourth-order valence-electron chi connectivity index (χ4n) is 1.65. The van der Waals surface area contributed by atoms with Gasteiger partial charge in [-0.25, -0.2) is 0 Å². The van der Waals surface area contributed by atoms with E-state index < -0.39 is 11.7 Å². The molecule has 1 N–H and O–H groups in total. The summed E-state index contributed by atoms with van der Waals surface area (Å²) in [7, 11) is 4.01. The highest BCUT2D eigenvalue weighted by atomic mass is 19.4. The molecule has 0 aromatic heterocycles. The topological polar surface area (TPSA) is 33.7 Å². The molecule has 0 amide bonds. The molecule has 22 heavy (non-hydrogen) atoms. The number of nitrogens with one attached hydrogen (secondary N) is 1. The number of likely N-dealkylation sites (N-methyl/N-ethyl adjacent to an activating group) is 1. The monoisotopic (exact) mass is 320 g/mol. The van der Waals surface area contributed by atoms with Crippen LogP contribution in [0.1, 0.15) is 5.56 Å². The van der Waals surface area contributed by atoms with Crippen LogP contribution >= 0.6 is 0 Å². The van der Waals surface area contributed by atoms with Crippen molar-refractivity contribution in [3.63, 3.8) is 0 Å². The Morgan fingerprint density at radius 3 is 2.55 bits per heavy atom. The molecule has 0 saturated carbocycles. The van der Waals surface area contributed by atoms with Gasteiger partial charge in [-0.15, -0.1) is 0 Å². The van der Waals surface area contributed by atoms with Crippen molar-refractivity contribution in [2.45, 2.75) is 6.18 Å². The fraction of sp³-hybridized carbons (Fsp3) is 0.600. The molecule has 0 bridgehead atoms. The highest BCUT2D eigenvalue weighted by molar-refractivity contribution is 5.30. The predicted molar refractivity (Wildman–Crippen MR) is 79.2 cm³/mol. The zero-order valence-electron chi connectivity index (χ0n) is 12.9. The minimum absolute atomic E-state index is 0.197. The number of ether oxygens (including phenoxy) is 2. The molecule has 0 aliphatic rings. The van der Waals surface area contributed by atoms with Crippen molar-refractivity contribution in [2.24, 2.45) is 0 Å². The van der Waals surface area contributed by atoms with Gasteiger partial charge in [-0.2, -0.15) is 13.2 Å². The Kier molecular flexibility index (Phi) is 8.22. The van der Waals surface area contributed by atoms with Gasteiger partial charge in [-0.1, -0.05) is 6.07 Å². The van der Waals surface area contributed by atoms with Gasteiger partial charge in [-0.3, -0.25) is 0 Å². The van der Waals surface area contributed by atoms with Crippen LogP contribution in [-0.4, -0.2) is 58.5 Å². The van der Waals surface area contributed by atoms with Crippen molar-refractivity contribution < 1.29 is 22.6 Å². The Morgan fingerprint density at radius 2 is 1.86 bits per heavy atom. The van der Waals surface area contributed by atoms with Crippen molar-refractivity contribution in [1.82, 2.24) is 10.2 Å². The lowest BCUT2D eigenvalue weighted by atomic mass is 10.2. The quantitative estimate of drug-likeness (QED) is 0.671. The molecule has 0 heterocycles. The van der Waals surface area contributed by atoms with Crippen molar-refractivity contribution in [2.75, 3.05) is 53.6 Å². The minimum Gasteiger partial charge on any atom is -0.491 e. The van der Waals surface area contributed by atoms with Gasteiger partial charge in [-0.05, 0) is 32.3 Å². The first-order valence-corrected chi connectivity index (χ1v) is 7.13. The van der Waals surface area contributed by atoms with E-state index in [9.17, 15) is 13.2 Å². The molecule has 0 aliphatic carbocycles. The van der Waals surface area contributed by atoms with E-state index >= 15 is 0 Å². The van der Waals surface area contributed by atoms with E-state index in [0.717, 1.165) is 31.8 Å². The highest BCUT2D eigenvalue weighted by Crippen LogP contribution is 2.31. The van der Waals surface area contributed by atoms with E-state index in [1.54, 1.807) is 0 Å². The molecule has 0 unspecified atom stereocenters. The second kappa shape index (κ2) is 9.66. The van der Waals surface area contributed by atoms with Gasteiger partial charge in [0.1, 0.15) is 12.4 Å². The van der Waals surface area contributed by atoms with E-state index in [0.29, 0.717) is 13.2 Å². The Hall–Kier alpha value is -1.31. The first-order valence-electron chi connectivity index (χ1n) is 7.13. The van der Waals surface area contributed by atoms with Crippen LogP contribution in [0.3, 0.4) is 0 Å². The van der Waals surface area contributed by atoms with Crippen LogP contribution in [0.2, 0.25) is 0 Å². The average Bonchev–Trinajstić information content (AvgIpc) is 2.44. The Balaban J connectivity index is 2.10. The minimum atomic E-state index is -4.35. The van der Waals surface area contributed by atoms with Crippen LogP contribution in [0.25, 0.3) is 0 Å². The second-order valence-corrected chi connectivity index (χ2v) is 5.04. The summed E-state index contributed by atoms with van der Waals surface area (Å²) in [6.45, 7) is 3.68. The molecule has 4 nitrogen and oxygen atoms in total. The molecule has 0 spiro atoms. The summed E-state index contributed by atoms with van der Waals surface area (Å²) in [6, 6.07) is 4.83. The summed E-state index contributed by atoms with van der Waals surface area (Å²) in [5.74, 6) is 0.197. The molecule has 0 aliphatic heterocycles. The van der Waals surface area contributed by atoms with E-state index in [1.807, 2.05) is 14.1 Å². The molecule has 1 aromatic carbocycles. The summed E-state index contributed by atoms with van der Waals surface area (Å²) >= 11 is 0. The smallest absolute Gasteiger partial charge is 0.416 e. The van der Waals surface area contributed by atoms with Crippen LogP contribution in [0.15, 0.2) is 24.3 Å². The number of halogens is 3. The second-order valence-electron chi connectivity index (χ2n) is 5.04. The molecule has 0 saturated heterocycles. The molecule has 1 rings (SSSR count). The maximum absolute atomic E-state index is 12.5. The fourth-order valence-corrected chi connectivity index (χ4v) is 1.65. The van der Waals surface area contributed by atoms with Gasteiger partial charge in [0, 0.05) is 19.6 Å². The van der Waals surface area contributed by atoms with Crippen molar-refractivity contribution >= 4 is 0 Å². The lowest BCUT2D eigenvalue weighted by Crippen LogP contribution is -2.29. The maximum Gasteiger partial charge on any atom is 0.416 e. The van der Waals surface area contributed by atoms with Crippen molar-refractivity contribution in [3.05, 3.63) is 29.8 Å². The molecule has 7 heteroatoms. The zero-order valence-corrected chi connectivity index (χ0v) is 12.9. The molecule has 0 fully saturated rings. The summed E-state index contributed by atoms with van der Waals surface area (Å²) in [5.41, 5.74) is -0.712. The van der Waals surface area contributed by atoms with Crippen molar-refractivity contribution in [1.29, 1.82) is 0 Å². The van der Waals surface area contributed by atoms with Crippen molar-refractivity contribution in [3.8, 4) is 5.75 Å². The van der Waals surface area contributed by atoms with Gasteiger partial charge < -0.3 is 19.7 Å². The third-order valence-corrected chi connectivity index (χ3v) is 2.82. The highest BCUT2D eigenvalue weighted by Gasteiger charge is 2.30. The number of rotatable bonds is 10. The third-order valence-electron chi connectivity index (χ3n) is 2.82. The number of hydrogen-bond donors (Lipinski definition) is 1. The van der Waals surface area contributed by atoms with Gasteiger partial charge in [0.2, 0.25) is 0 Å². The summed E-state index contributed by atoms with van der Waals surface area (Å²) < 4.78 is 48.1. The van der Waals surface area contributed by atoms with Crippen LogP contribution in [0.5, 0.6) is 5.75 Å². The molecular weight excluding hydrogens is 297 g/mol. The standard InChI is InChI=1S/C15H23F3N2O2/c1-20(2)8-6-19-7-9-21-10-11-22-14-5-3-4-13(12-14)15(16,17)18/h3-5,12,19H,6-11H2,1-2H3. The van der Waals surface area contributed by atoms with Gasteiger partial charge in [0.15, 0.2) is 0 Å². The Bertz CT molecular complexity index is 425. The third kappa shape index (κ3) is 8.21. The number of benzene rings is 1. The first kappa shape index (κ1) is 18.7. The average molecular weight is 320 g/mol. The zero-order chi connectivity index (χ0) is 16.4. The van der Waals surface area contributed by atoms with Crippen LogP contribution < -0.4 is 10.1 Å². The Labute approximate surface area is 129 Å². The molecule has 1 aromatic rings. The maximum atomic E-state index is 12.5. The Morgan fingerprint density at radius 1 is 1.09 bits per heavy atom. The predicted octanol–water partition coefficient (Wildman–Crippen LogP) is 2.25. The summed E-state index contributed by atoms with van der Waals surface area (Å²) in [6.07, 6.45) is -4.35. The normalized spacial score (nSPS) is 11.9. The largest absolute Gasteiger partial charge is 0.491 e. The van der Waals surface area contributed by atoms with E-state index in [2.05, 4.69) is 10.2 Å². The number of nitrogens with zero attached hydrogens (tertiary/aromatic N) is 1. The SMILES string of the molecule is CN(C)CCNCCOCCOc1cccc(C(F)(F)F)c1. The summed E-state index contributed by atoms with van der Waals surface area (Å²) in [4.78, 5) is 2.08. The number of alkyl halides is 3. The van der Waals surface area contributed by atoms with Crippen LogP contribution in [0.4, 0.5) is 13.2 Å².